The van der Waals surface area contributed by atoms with Crippen molar-refractivity contribution in [2.45, 2.75) is 43.5 Å². The SMILES string of the molecule is C[C@@H](O)[C@H]1C(=O)N2C(C(=O)O)=C(S[C@H]3CCN(CC(=O)NCC(O)CN)C3)[C@H](C)[C@]12O. The van der Waals surface area contributed by atoms with Crippen molar-refractivity contribution in [3.05, 3.63) is 10.6 Å². The number of nitrogens with two attached hydrogens (primary N) is 1. The monoisotopic (exact) mass is 458 g/mol. The van der Waals surface area contributed by atoms with E-state index in [1.165, 1.54) is 18.7 Å². The first kappa shape index (κ1) is 24.0. The number of fused-ring (bicyclic) bond motifs is 1. The van der Waals surface area contributed by atoms with Crippen LogP contribution in [0.3, 0.4) is 0 Å². The molecule has 0 aromatic rings. The number of thioether (sulfide) groups is 1. The molecule has 6 atom stereocenters. The molecule has 3 rings (SSSR count). The number of amides is 2. The molecule has 174 valence electrons. The van der Waals surface area contributed by atoms with E-state index in [1.807, 2.05) is 4.90 Å². The molecule has 2 fully saturated rings. The summed E-state index contributed by atoms with van der Waals surface area (Å²) in [5, 5.41) is 42.8. The van der Waals surface area contributed by atoms with Crippen molar-refractivity contribution in [3.63, 3.8) is 0 Å². The number of rotatable bonds is 9. The Morgan fingerprint density at radius 3 is 2.65 bits per heavy atom. The summed E-state index contributed by atoms with van der Waals surface area (Å²) in [6.07, 6.45) is -1.19. The summed E-state index contributed by atoms with van der Waals surface area (Å²) in [7, 11) is 0. The number of carbonyl (C=O) groups excluding carboxylic acids is 2. The van der Waals surface area contributed by atoms with E-state index in [0.29, 0.717) is 24.4 Å². The van der Waals surface area contributed by atoms with Gasteiger partial charge in [-0.2, -0.15) is 0 Å². The zero-order chi connectivity index (χ0) is 23.1. The summed E-state index contributed by atoms with van der Waals surface area (Å²) < 4.78 is 0. The van der Waals surface area contributed by atoms with E-state index in [1.54, 1.807) is 6.92 Å². The third-order valence-electron chi connectivity index (χ3n) is 6.17. The average Bonchev–Trinajstić information content (AvgIpc) is 3.20. The second-order valence-electron chi connectivity index (χ2n) is 8.37. The maximum Gasteiger partial charge on any atom is 0.353 e. The molecule has 11 nitrogen and oxygen atoms in total. The Kier molecular flexibility index (Phi) is 6.99. The molecule has 7 N–H and O–H groups in total. The van der Waals surface area contributed by atoms with Gasteiger partial charge in [0.25, 0.3) is 0 Å². The average molecular weight is 459 g/mol. The lowest BCUT2D eigenvalue weighted by atomic mass is 9.75. The Morgan fingerprint density at radius 2 is 2.06 bits per heavy atom. The molecule has 2 saturated heterocycles. The summed E-state index contributed by atoms with van der Waals surface area (Å²) in [6, 6.07) is 0. The van der Waals surface area contributed by atoms with Crippen molar-refractivity contribution in [3.8, 4) is 0 Å². The highest BCUT2D eigenvalue weighted by atomic mass is 32.2. The molecule has 0 spiro atoms. The summed E-state index contributed by atoms with van der Waals surface area (Å²) in [5.41, 5.74) is 3.34. The number of aliphatic carboxylic acids is 1. The molecule has 2 amide bonds. The van der Waals surface area contributed by atoms with Gasteiger partial charge >= 0.3 is 5.97 Å². The first-order chi connectivity index (χ1) is 14.5. The van der Waals surface area contributed by atoms with Gasteiger partial charge in [-0.1, -0.05) is 6.92 Å². The van der Waals surface area contributed by atoms with E-state index in [2.05, 4.69) is 5.32 Å². The van der Waals surface area contributed by atoms with Crippen LogP contribution in [0.15, 0.2) is 10.6 Å². The summed E-state index contributed by atoms with van der Waals surface area (Å²) >= 11 is 1.31. The third kappa shape index (κ3) is 4.20. The fraction of sp³-hybridized carbons (Fsp3) is 0.737. The number of aliphatic hydroxyl groups is 3. The molecular weight excluding hydrogens is 428 g/mol. The lowest BCUT2D eigenvalue weighted by Gasteiger charge is -2.53. The second-order valence-corrected chi connectivity index (χ2v) is 9.71. The number of nitrogens with zero attached hydrogens (tertiary/aromatic N) is 2. The summed E-state index contributed by atoms with van der Waals surface area (Å²) in [4.78, 5) is 39.7. The van der Waals surface area contributed by atoms with Crippen LogP contribution in [0.5, 0.6) is 0 Å². The highest BCUT2D eigenvalue weighted by molar-refractivity contribution is 8.03. The minimum atomic E-state index is -1.75. The van der Waals surface area contributed by atoms with Crippen LogP contribution in [-0.2, 0) is 14.4 Å². The van der Waals surface area contributed by atoms with E-state index in [-0.39, 0.29) is 36.5 Å². The minimum absolute atomic E-state index is 0.0170. The summed E-state index contributed by atoms with van der Waals surface area (Å²) in [6.45, 7) is 4.53. The van der Waals surface area contributed by atoms with Crippen LogP contribution >= 0.6 is 11.8 Å². The van der Waals surface area contributed by atoms with Crippen LogP contribution in [-0.4, -0.2) is 104 Å². The van der Waals surface area contributed by atoms with Gasteiger partial charge in [0.2, 0.25) is 11.8 Å². The molecule has 0 radical (unpaired) electrons. The Bertz CT molecular complexity index is 791. The van der Waals surface area contributed by atoms with Crippen molar-refractivity contribution in [1.29, 1.82) is 0 Å². The molecule has 1 unspecified atom stereocenters. The number of nitrogens with one attached hydrogen (secondary N) is 1. The first-order valence-corrected chi connectivity index (χ1v) is 11.2. The smallest absolute Gasteiger partial charge is 0.353 e. The predicted octanol–water partition coefficient (Wildman–Crippen LogP) is -2.30. The minimum Gasteiger partial charge on any atom is -0.477 e. The Balaban J connectivity index is 1.65. The molecule has 0 aromatic carbocycles. The maximum atomic E-state index is 12.5. The van der Waals surface area contributed by atoms with Crippen LogP contribution in [0.2, 0.25) is 0 Å². The molecular formula is C19H30N4O7S. The number of hydrogen-bond acceptors (Lipinski definition) is 9. The molecule has 3 heterocycles. The van der Waals surface area contributed by atoms with Gasteiger partial charge in [0.05, 0.1) is 18.8 Å². The third-order valence-corrected chi connectivity index (χ3v) is 7.69. The van der Waals surface area contributed by atoms with Crippen LogP contribution in [0.4, 0.5) is 0 Å². The standard InChI is InChI=1S/C19H30N4O7S/c1-9-16(15(18(28)29)23-17(27)14(10(2)24)19(9,23)30)31-12-3-4-22(7-12)8-13(26)21-6-11(25)5-20/h9-12,14,24-25,30H,3-8,20H2,1-2H3,(H,21,26)(H,28,29)/t9-,10+,11?,12-,14-,19-/m0/s1. The number of aliphatic hydroxyl groups excluding tert-OH is 2. The molecule has 0 saturated carbocycles. The van der Waals surface area contributed by atoms with Crippen molar-refractivity contribution in [2.75, 3.05) is 32.7 Å². The lowest BCUT2D eigenvalue weighted by Crippen LogP contribution is -2.73. The fourth-order valence-corrected chi connectivity index (χ4v) is 6.08. The van der Waals surface area contributed by atoms with Gasteiger partial charge in [-0.25, -0.2) is 4.79 Å². The molecule has 31 heavy (non-hydrogen) atoms. The number of β-lactam (4-membered cyclic amide) rings is 1. The zero-order valence-corrected chi connectivity index (χ0v) is 18.3. The van der Waals surface area contributed by atoms with Gasteiger partial charge in [-0.15, -0.1) is 11.8 Å². The Hall–Kier alpha value is -1.70. The molecule has 3 aliphatic heterocycles. The first-order valence-electron chi connectivity index (χ1n) is 10.3. The van der Waals surface area contributed by atoms with Crippen molar-refractivity contribution < 1.29 is 34.8 Å². The number of carboxylic acid groups (broad SMARTS) is 1. The van der Waals surface area contributed by atoms with Gasteiger partial charge in [-0.05, 0) is 19.9 Å². The second kappa shape index (κ2) is 9.04. The fourth-order valence-electron chi connectivity index (χ4n) is 4.54. The summed E-state index contributed by atoms with van der Waals surface area (Å²) in [5.74, 6) is -3.85. The van der Waals surface area contributed by atoms with E-state index >= 15 is 0 Å². The normalized spacial score (nSPS) is 32.6. The molecule has 12 heteroatoms. The maximum absolute atomic E-state index is 12.5. The van der Waals surface area contributed by atoms with Crippen LogP contribution in [0.25, 0.3) is 0 Å². The van der Waals surface area contributed by atoms with Gasteiger partial charge < -0.3 is 31.5 Å². The highest BCUT2D eigenvalue weighted by Gasteiger charge is 2.70. The van der Waals surface area contributed by atoms with Crippen LogP contribution < -0.4 is 11.1 Å². The number of carbonyl (C=O) groups is 3. The van der Waals surface area contributed by atoms with Gasteiger partial charge in [0, 0.05) is 35.7 Å². The molecule has 0 bridgehead atoms. The highest BCUT2D eigenvalue weighted by Crippen LogP contribution is 2.57. The molecule has 0 aromatic heterocycles. The van der Waals surface area contributed by atoms with E-state index in [9.17, 15) is 34.8 Å². The Labute approximate surface area is 184 Å². The predicted molar refractivity (Wildman–Crippen MR) is 111 cm³/mol. The van der Waals surface area contributed by atoms with Crippen LogP contribution in [0.1, 0.15) is 20.3 Å². The number of carboxylic acids is 1. The largest absolute Gasteiger partial charge is 0.477 e. The van der Waals surface area contributed by atoms with Crippen molar-refractivity contribution >= 4 is 29.5 Å². The van der Waals surface area contributed by atoms with E-state index < -0.39 is 41.6 Å². The van der Waals surface area contributed by atoms with Gasteiger partial charge in [0.1, 0.15) is 11.6 Å². The lowest BCUT2D eigenvalue weighted by molar-refractivity contribution is -0.236. The van der Waals surface area contributed by atoms with Gasteiger partial charge in [-0.3, -0.25) is 19.4 Å². The zero-order valence-electron chi connectivity index (χ0n) is 17.5. The van der Waals surface area contributed by atoms with Crippen molar-refractivity contribution in [1.82, 2.24) is 15.1 Å². The quantitative estimate of drug-likeness (QED) is 0.206. The van der Waals surface area contributed by atoms with Crippen molar-refractivity contribution in [2.24, 2.45) is 17.6 Å². The Morgan fingerprint density at radius 1 is 1.39 bits per heavy atom. The molecule has 3 aliphatic rings. The van der Waals surface area contributed by atoms with Crippen LogP contribution in [0, 0.1) is 11.8 Å². The number of likely N-dealkylation sites (tertiary alicyclic amines) is 1. The van der Waals surface area contributed by atoms with E-state index in [0.717, 1.165) is 4.90 Å². The molecule has 0 aliphatic carbocycles. The topological polar surface area (TPSA) is 177 Å². The van der Waals surface area contributed by atoms with Gasteiger partial charge in [0.15, 0.2) is 5.72 Å². The number of hydrogen-bond donors (Lipinski definition) is 6. The van der Waals surface area contributed by atoms with E-state index in [4.69, 9.17) is 5.73 Å².